The molecule has 0 bridgehead atoms. The van der Waals surface area contributed by atoms with Crippen LogP contribution in [-0.2, 0) is 40.5 Å². The number of hydrogen-bond donors (Lipinski definition) is 0. The van der Waals surface area contributed by atoms with Crippen molar-refractivity contribution in [1.82, 2.24) is 4.90 Å². The minimum absolute atomic E-state index is 0. The van der Waals surface area contributed by atoms with Crippen molar-refractivity contribution in [2.45, 2.75) is 63.8 Å². The zero-order chi connectivity index (χ0) is 19.2. The zero-order valence-electron chi connectivity index (χ0n) is 17.1. The van der Waals surface area contributed by atoms with Crippen LogP contribution in [0, 0.1) is 0 Å². The first-order chi connectivity index (χ1) is 12.9. The van der Waals surface area contributed by atoms with Crippen LogP contribution in [0.5, 0.6) is 0 Å². The number of amides is 1. The molecule has 1 heterocycles. The second-order valence-corrected chi connectivity index (χ2v) is 9.96. The van der Waals surface area contributed by atoms with Gasteiger partial charge < -0.3 is 9.10 Å². The number of carbonyl (C=O) groups excluding carboxylic acids is 1. The average Bonchev–Trinajstić information content (AvgIpc) is 3.34. The third kappa shape index (κ3) is 3.96. The number of rotatable bonds is 5. The summed E-state index contributed by atoms with van der Waals surface area (Å²) in [6, 6.07) is 2.23. The van der Waals surface area contributed by atoms with Crippen molar-refractivity contribution in [2.24, 2.45) is 0 Å². The van der Waals surface area contributed by atoms with Crippen molar-refractivity contribution in [3.8, 4) is 0 Å². The van der Waals surface area contributed by atoms with Crippen LogP contribution in [0.15, 0.2) is 17.6 Å². The van der Waals surface area contributed by atoms with E-state index in [-0.39, 0.29) is 56.9 Å². The van der Waals surface area contributed by atoms with Gasteiger partial charge >= 0.3 is 51.4 Å². The van der Waals surface area contributed by atoms with E-state index in [1.54, 1.807) is 12.5 Å². The maximum Gasteiger partial charge on any atom is 1.00 e. The Hall–Kier alpha value is -0.0236. The molecular formula is C21H27KN2O3S. The Balaban J connectivity index is 0.00000225. The molecule has 1 amide bonds. The molecule has 1 unspecified atom stereocenters. The Kier molecular flexibility index (Phi) is 6.97. The summed E-state index contributed by atoms with van der Waals surface area (Å²) < 4.78 is 27.1. The number of fused-ring (bicyclic) bond motifs is 2. The van der Waals surface area contributed by atoms with Gasteiger partial charge in [-0.3, -0.25) is 4.90 Å². The monoisotopic (exact) mass is 426 g/mol. The Bertz CT molecular complexity index is 880. The molecule has 1 aromatic carbocycles. The van der Waals surface area contributed by atoms with Crippen molar-refractivity contribution in [3.63, 3.8) is 0 Å². The molecule has 0 aromatic heterocycles. The fourth-order valence-corrected chi connectivity index (χ4v) is 6.05. The fraction of sp³-hybridized carbons (Fsp3) is 0.571. The van der Waals surface area contributed by atoms with Crippen molar-refractivity contribution in [3.05, 3.63) is 39.8 Å². The van der Waals surface area contributed by atoms with E-state index in [0.717, 1.165) is 73.3 Å². The number of aryl methyl sites for hydroxylation is 2. The molecule has 1 aromatic rings. The summed E-state index contributed by atoms with van der Waals surface area (Å²) in [5, 5.41) is 1.22. The van der Waals surface area contributed by atoms with Crippen LogP contribution in [0.1, 0.15) is 54.9 Å². The molecule has 2 aliphatic carbocycles. The molecule has 0 saturated carbocycles. The molecule has 3 aliphatic rings. The van der Waals surface area contributed by atoms with Gasteiger partial charge in [-0.15, -0.1) is 11.1 Å². The number of likely N-dealkylation sites (N-methyl/N-ethyl adjacent to an activating group) is 1. The van der Waals surface area contributed by atoms with E-state index in [4.69, 9.17) is 0 Å². The number of sulfonamides is 1. The minimum Gasteiger partial charge on any atom is -0.397 e. The molecule has 28 heavy (non-hydrogen) atoms. The van der Waals surface area contributed by atoms with Crippen LogP contribution >= 0.6 is 0 Å². The Morgan fingerprint density at radius 3 is 2.21 bits per heavy atom. The molecule has 1 atom stereocenters. The van der Waals surface area contributed by atoms with Gasteiger partial charge in [0.2, 0.25) is 10.0 Å². The normalized spacial score (nSPS) is 24.2. The van der Waals surface area contributed by atoms with Gasteiger partial charge in [-0.2, -0.15) is 0 Å². The predicted molar refractivity (Wildman–Crippen MR) is 107 cm³/mol. The van der Waals surface area contributed by atoms with E-state index < -0.39 is 10.0 Å². The largest absolute Gasteiger partial charge is 1.00 e. The van der Waals surface area contributed by atoms with Crippen molar-refractivity contribution in [2.75, 3.05) is 17.9 Å². The summed E-state index contributed by atoms with van der Waals surface area (Å²) in [6.45, 7) is 2.99. The van der Waals surface area contributed by atoms with E-state index in [1.807, 2.05) is 14.0 Å². The summed E-state index contributed by atoms with van der Waals surface area (Å²) in [5.41, 5.74) is 4.77. The number of hydrogen-bond acceptors (Lipinski definition) is 4. The zero-order valence-corrected chi connectivity index (χ0v) is 21.1. The fourth-order valence-electron chi connectivity index (χ4n) is 4.88. The van der Waals surface area contributed by atoms with Gasteiger partial charge in [0, 0.05) is 10.9 Å². The predicted octanol–water partition coefficient (Wildman–Crippen LogP) is -0.131. The van der Waals surface area contributed by atoms with E-state index in [1.165, 1.54) is 16.5 Å². The van der Waals surface area contributed by atoms with Crippen LogP contribution in [0.2, 0.25) is 0 Å². The van der Waals surface area contributed by atoms with E-state index >= 15 is 0 Å². The van der Waals surface area contributed by atoms with Gasteiger partial charge in [-0.25, -0.2) is 8.42 Å². The van der Waals surface area contributed by atoms with Crippen LogP contribution in [-0.4, -0.2) is 38.9 Å². The Morgan fingerprint density at radius 2 is 1.71 bits per heavy atom. The second kappa shape index (κ2) is 8.61. The maximum absolute atomic E-state index is 13.1. The van der Waals surface area contributed by atoms with Gasteiger partial charge in [-0.05, 0) is 71.9 Å². The molecule has 0 radical (unpaired) electrons. The van der Waals surface area contributed by atoms with E-state index in [2.05, 4.69) is 11.0 Å². The molecular weight excluding hydrogens is 399 g/mol. The van der Waals surface area contributed by atoms with E-state index in [9.17, 15) is 13.2 Å². The average molecular weight is 427 g/mol. The van der Waals surface area contributed by atoms with Gasteiger partial charge in [0.05, 0.1) is 6.41 Å². The third-order valence-corrected chi connectivity index (χ3v) is 7.88. The van der Waals surface area contributed by atoms with Gasteiger partial charge in [0.15, 0.2) is 0 Å². The van der Waals surface area contributed by atoms with Crippen molar-refractivity contribution in [1.29, 1.82) is 0 Å². The Morgan fingerprint density at radius 1 is 1.11 bits per heavy atom. The third-order valence-electron chi connectivity index (χ3n) is 6.63. The van der Waals surface area contributed by atoms with Crippen LogP contribution < -0.4 is 55.7 Å². The Labute approximate surface area is 211 Å². The molecule has 7 heteroatoms. The standard InChI is InChI=1S/C21H27N2O3S.K/c1-21(10-5-12-22(21)2)11-13-27(25,26)23(15-24)20-18-8-3-6-16(18)14-17-7-4-9-19(17)20;/h11,13-14H,3-10,12H2,1-2H3;/q-1;+1. The molecule has 0 N–H and O–H groups in total. The molecule has 5 nitrogen and oxygen atoms in total. The van der Waals surface area contributed by atoms with Gasteiger partial charge in [0.1, 0.15) is 0 Å². The van der Waals surface area contributed by atoms with Crippen LogP contribution in [0.25, 0.3) is 0 Å². The minimum atomic E-state index is -3.92. The van der Waals surface area contributed by atoms with Gasteiger partial charge in [0.25, 0.3) is 0 Å². The maximum atomic E-state index is 13.1. The quantitative estimate of drug-likeness (QED) is 0.374. The summed E-state index contributed by atoms with van der Waals surface area (Å²) in [6.07, 6.45) is 11.0. The molecule has 4 rings (SSSR count). The van der Waals surface area contributed by atoms with Crippen molar-refractivity contribution < 1.29 is 64.6 Å². The summed E-state index contributed by atoms with van der Waals surface area (Å²) in [5.74, 6) is 0. The summed E-state index contributed by atoms with van der Waals surface area (Å²) in [4.78, 5) is 14.0. The molecule has 0 spiro atoms. The molecule has 1 saturated heterocycles. The second-order valence-electron chi connectivity index (χ2n) is 8.29. The smallest absolute Gasteiger partial charge is 0.397 e. The summed E-state index contributed by atoms with van der Waals surface area (Å²) in [7, 11) is -1.91. The summed E-state index contributed by atoms with van der Waals surface area (Å²) >= 11 is 0. The first kappa shape index (κ1) is 22.7. The first-order valence-corrected chi connectivity index (χ1v) is 11.4. The van der Waals surface area contributed by atoms with Gasteiger partial charge in [-0.1, -0.05) is 29.0 Å². The number of anilines is 1. The molecule has 146 valence electrons. The molecule has 1 fully saturated rings. The topological polar surface area (TPSA) is 57.7 Å². The molecule has 1 aliphatic heterocycles. The number of benzene rings is 1. The SMILES string of the molecule is CN1CCCC1(C)C=CS(=O)(=O)N([C-]=O)c1c2c(cc3c1CCC3)CCC2.[K+]. The van der Waals surface area contributed by atoms with E-state index in [0.29, 0.717) is 5.69 Å². The number of nitrogens with zero attached hydrogens (tertiary/aromatic N) is 2. The van der Waals surface area contributed by atoms with Crippen LogP contribution in [0.3, 0.4) is 0 Å². The number of likely N-dealkylation sites (tertiary alicyclic amines) is 1. The van der Waals surface area contributed by atoms with Crippen molar-refractivity contribution >= 4 is 22.1 Å². The first-order valence-electron chi connectivity index (χ1n) is 9.86. The van der Waals surface area contributed by atoms with Crippen LogP contribution in [0.4, 0.5) is 5.69 Å².